The molecule has 156 valence electrons. The molecule has 1 fully saturated rings. The summed E-state index contributed by atoms with van der Waals surface area (Å²) in [6, 6.07) is 5.59. The first-order valence-corrected chi connectivity index (χ1v) is 10.3. The SMILES string of the molecule is COC(=O)c1sc(-c2ccccn2)nc1CN1CCN(C(=O)OC(C)(C)C)CC1. The van der Waals surface area contributed by atoms with E-state index in [4.69, 9.17) is 9.47 Å². The van der Waals surface area contributed by atoms with Gasteiger partial charge in [-0.1, -0.05) is 6.07 Å². The van der Waals surface area contributed by atoms with Gasteiger partial charge in [-0.25, -0.2) is 14.6 Å². The Kier molecular flexibility index (Phi) is 6.49. The van der Waals surface area contributed by atoms with Gasteiger partial charge in [0.1, 0.15) is 15.5 Å². The number of aromatic nitrogens is 2. The number of hydrogen-bond acceptors (Lipinski definition) is 8. The lowest BCUT2D eigenvalue weighted by molar-refractivity contribution is 0.0138. The molecule has 29 heavy (non-hydrogen) atoms. The Labute approximate surface area is 174 Å². The van der Waals surface area contributed by atoms with Crippen LogP contribution in [0.4, 0.5) is 4.79 Å². The third kappa shape index (κ3) is 5.51. The average Bonchev–Trinajstić information content (AvgIpc) is 3.11. The molecule has 1 amide bonds. The monoisotopic (exact) mass is 418 g/mol. The molecule has 9 heteroatoms. The molecule has 0 aliphatic carbocycles. The van der Waals surface area contributed by atoms with Crippen molar-refractivity contribution >= 4 is 23.4 Å². The third-order valence-corrected chi connectivity index (χ3v) is 5.45. The van der Waals surface area contributed by atoms with E-state index in [-0.39, 0.29) is 6.09 Å². The van der Waals surface area contributed by atoms with E-state index in [2.05, 4.69) is 14.9 Å². The Bertz CT molecular complexity index is 855. The topological polar surface area (TPSA) is 84.9 Å². The minimum Gasteiger partial charge on any atom is -0.465 e. The molecule has 0 aromatic carbocycles. The zero-order chi connectivity index (χ0) is 21.0. The molecule has 0 bridgehead atoms. The van der Waals surface area contributed by atoms with Gasteiger partial charge in [0.25, 0.3) is 0 Å². The van der Waals surface area contributed by atoms with E-state index < -0.39 is 11.6 Å². The van der Waals surface area contributed by atoms with Crippen molar-refractivity contribution in [3.8, 4) is 10.7 Å². The average molecular weight is 419 g/mol. The van der Waals surface area contributed by atoms with Crippen molar-refractivity contribution in [1.82, 2.24) is 19.8 Å². The van der Waals surface area contributed by atoms with Crippen molar-refractivity contribution in [2.24, 2.45) is 0 Å². The van der Waals surface area contributed by atoms with E-state index in [9.17, 15) is 9.59 Å². The van der Waals surface area contributed by atoms with Crippen molar-refractivity contribution < 1.29 is 19.1 Å². The number of methoxy groups -OCH3 is 1. The predicted octanol–water partition coefficient (Wildman–Crippen LogP) is 3.04. The molecule has 0 atom stereocenters. The first kappa shape index (κ1) is 21.2. The van der Waals surface area contributed by atoms with E-state index in [1.165, 1.54) is 18.4 Å². The number of nitrogens with zero attached hydrogens (tertiary/aromatic N) is 4. The molecule has 2 aromatic rings. The highest BCUT2D eigenvalue weighted by Gasteiger charge is 2.28. The van der Waals surface area contributed by atoms with Crippen LogP contribution in [0, 0.1) is 0 Å². The zero-order valence-corrected chi connectivity index (χ0v) is 18.0. The van der Waals surface area contributed by atoms with Crippen LogP contribution in [-0.4, -0.2) is 70.7 Å². The molecule has 1 aliphatic heterocycles. The maximum absolute atomic E-state index is 12.2. The van der Waals surface area contributed by atoms with Gasteiger partial charge in [0.2, 0.25) is 0 Å². The number of ether oxygens (including phenoxy) is 2. The summed E-state index contributed by atoms with van der Waals surface area (Å²) in [6.07, 6.45) is 1.41. The van der Waals surface area contributed by atoms with E-state index in [0.29, 0.717) is 48.3 Å². The predicted molar refractivity (Wildman–Crippen MR) is 110 cm³/mol. The zero-order valence-electron chi connectivity index (χ0n) is 17.2. The maximum atomic E-state index is 12.2. The molecule has 0 radical (unpaired) electrons. The van der Waals surface area contributed by atoms with Crippen molar-refractivity contribution in [1.29, 1.82) is 0 Å². The van der Waals surface area contributed by atoms with E-state index in [0.717, 1.165) is 5.69 Å². The smallest absolute Gasteiger partial charge is 0.410 e. The first-order chi connectivity index (χ1) is 13.8. The summed E-state index contributed by atoms with van der Waals surface area (Å²) in [5.74, 6) is -0.396. The van der Waals surface area contributed by atoms with Gasteiger partial charge in [-0.15, -0.1) is 11.3 Å². The Morgan fingerprint density at radius 1 is 1.17 bits per heavy atom. The fraction of sp³-hybridized carbons (Fsp3) is 0.500. The van der Waals surface area contributed by atoms with E-state index >= 15 is 0 Å². The van der Waals surface area contributed by atoms with Crippen LogP contribution in [0.15, 0.2) is 24.4 Å². The summed E-state index contributed by atoms with van der Waals surface area (Å²) >= 11 is 1.29. The third-order valence-electron chi connectivity index (χ3n) is 4.35. The van der Waals surface area contributed by atoms with Gasteiger partial charge < -0.3 is 14.4 Å². The summed E-state index contributed by atoms with van der Waals surface area (Å²) in [6.45, 7) is 8.58. The Morgan fingerprint density at radius 3 is 2.48 bits per heavy atom. The van der Waals surface area contributed by atoms with Crippen LogP contribution in [0.25, 0.3) is 10.7 Å². The molecular formula is C20H26N4O4S. The second-order valence-corrected chi connectivity index (χ2v) is 8.74. The van der Waals surface area contributed by atoms with Crippen LogP contribution >= 0.6 is 11.3 Å². The summed E-state index contributed by atoms with van der Waals surface area (Å²) in [5.41, 5.74) is 0.892. The molecule has 2 aromatic heterocycles. The van der Waals surface area contributed by atoms with Crippen LogP contribution in [0.3, 0.4) is 0 Å². The second-order valence-electron chi connectivity index (χ2n) is 7.74. The molecule has 1 aliphatic rings. The minimum atomic E-state index is -0.508. The second kappa shape index (κ2) is 8.87. The fourth-order valence-electron chi connectivity index (χ4n) is 2.94. The van der Waals surface area contributed by atoms with Crippen LogP contribution in [-0.2, 0) is 16.0 Å². The molecule has 0 N–H and O–H groups in total. The van der Waals surface area contributed by atoms with Crippen molar-refractivity contribution in [3.63, 3.8) is 0 Å². The lowest BCUT2D eigenvalue weighted by atomic mass is 10.2. The molecule has 0 spiro atoms. The van der Waals surface area contributed by atoms with Crippen molar-refractivity contribution in [2.45, 2.75) is 32.9 Å². The molecule has 3 rings (SSSR count). The molecular weight excluding hydrogens is 392 g/mol. The number of amides is 1. The van der Waals surface area contributed by atoms with E-state index in [1.807, 2.05) is 39.0 Å². The lowest BCUT2D eigenvalue weighted by Gasteiger charge is -2.35. The van der Waals surface area contributed by atoms with Gasteiger partial charge in [-0.05, 0) is 32.9 Å². The van der Waals surface area contributed by atoms with Crippen molar-refractivity contribution in [3.05, 3.63) is 35.0 Å². The molecule has 0 saturated carbocycles. The number of pyridine rings is 1. The number of thiazole rings is 1. The largest absolute Gasteiger partial charge is 0.465 e. The molecule has 1 saturated heterocycles. The highest BCUT2D eigenvalue weighted by Crippen LogP contribution is 2.28. The van der Waals surface area contributed by atoms with Crippen LogP contribution in [0.2, 0.25) is 0 Å². The maximum Gasteiger partial charge on any atom is 0.410 e. The van der Waals surface area contributed by atoms with Gasteiger partial charge in [-0.2, -0.15) is 0 Å². The standard InChI is InChI=1S/C20H26N4O4S/c1-20(2,3)28-19(26)24-11-9-23(10-12-24)13-15-16(18(25)27-4)29-17(22-15)14-7-5-6-8-21-14/h5-8H,9-13H2,1-4H3. The summed E-state index contributed by atoms with van der Waals surface area (Å²) in [4.78, 5) is 37.8. The Hall–Kier alpha value is -2.52. The summed E-state index contributed by atoms with van der Waals surface area (Å²) in [7, 11) is 1.37. The number of piperazine rings is 1. The normalized spacial score (nSPS) is 15.2. The van der Waals surface area contributed by atoms with Crippen LogP contribution in [0.1, 0.15) is 36.1 Å². The number of carbonyl (C=O) groups excluding carboxylic acids is 2. The van der Waals surface area contributed by atoms with Gasteiger partial charge in [0.05, 0.1) is 18.5 Å². The Balaban J connectivity index is 1.68. The Morgan fingerprint density at radius 2 is 1.90 bits per heavy atom. The van der Waals surface area contributed by atoms with Crippen LogP contribution < -0.4 is 0 Å². The highest BCUT2D eigenvalue weighted by atomic mass is 32.1. The number of hydrogen-bond donors (Lipinski definition) is 0. The fourth-order valence-corrected chi connectivity index (χ4v) is 3.91. The van der Waals surface area contributed by atoms with Gasteiger partial charge in [0, 0.05) is 38.9 Å². The highest BCUT2D eigenvalue weighted by molar-refractivity contribution is 7.17. The van der Waals surface area contributed by atoms with Crippen molar-refractivity contribution in [2.75, 3.05) is 33.3 Å². The van der Waals surface area contributed by atoms with Gasteiger partial charge in [0.15, 0.2) is 0 Å². The van der Waals surface area contributed by atoms with Gasteiger partial charge >= 0.3 is 12.1 Å². The van der Waals surface area contributed by atoms with E-state index in [1.54, 1.807) is 11.1 Å². The summed E-state index contributed by atoms with van der Waals surface area (Å²) in [5, 5.41) is 0.688. The number of carbonyl (C=O) groups is 2. The van der Waals surface area contributed by atoms with Gasteiger partial charge in [-0.3, -0.25) is 9.88 Å². The first-order valence-electron chi connectivity index (χ1n) is 9.46. The lowest BCUT2D eigenvalue weighted by Crippen LogP contribution is -2.49. The van der Waals surface area contributed by atoms with Crippen LogP contribution in [0.5, 0.6) is 0 Å². The molecule has 3 heterocycles. The number of rotatable bonds is 4. The molecule has 8 nitrogen and oxygen atoms in total. The minimum absolute atomic E-state index is 0.293. The summed E-state index contributed by atoms with van der Waals surface area (Å²) < 4.78 is 10.4. The molecule has 0 unspecified atom stereocenters. The number of esters is 1. The quantitative estimate of drug-likeness (QED) is 0.706.